The SMILES string of the molecule is CC(CN)(NC(=O)CCc1ncc(-c2ccccc2Cl)o1)C1CC1. The summed E-state index contributed by atoms with van der Waals surface area (Å²) in [6, 6.07) is 7.43. The van der Waals surface area contributed by atoms with Gasteiger partial charge in [0.15, 0.2) is 11.7 Å². The average Bonchev–Trinajstić information content (AvgIpc) is 3.33. The van der Waals surface area contributed by atoms with Crippen LogP contribution in [0.2, 0.25) is 5.02 Å². The Labute approximate surface area is 146 Å². The van der Waals surface area contributed by atoms with Crippen molar-refractivity contribution in [2.45, 2.75) is 38.1 Å². The van der Waals surface area contributed by atoms with Crippen LogP contribution in [0.4, 0.5) is 0 Å². The van der Waals surface area contributed by atoms with Gasteiger partial charge < -0.3 is 15.5 Å². The summed E-state index contributed by atoms with van der Waals surface area (Å²) in [5.74, 6) is 1.62. The third kappa shape index (κ3) is 3.79. The minimum atomic E-state index is -0.295. The first-order valence-corrected chi connectivity index (χ1v) is 8.60. The van der Waals surface area contributed by atoms with Crippen LogP contribution in [0.25, 0.3) is 11.3 Å². The molecule has 1 saturated carbocycles. The quantitative estimate of drug-likeness (QED) is 0.806. The lowest BCUT2D eigenvalue weighted by Gasteiger charge is -2.29. The Balaban J connectivity index is 1.57. The lowest BCUT2D eigenvalue weighted by molar-refractivity contribution is -0.123. The normalized spacial score (nSPS) is 16.6. The number of hydrogen-bond donors (Lipinski definition) is 2. The first-order chi connectivity index (χ1) is 11.5. The zero-order valence-electron chi connectivity index (χ0n) is 13.7. The number of carbonyl (C=O) groups excluding carboxylic acids is 1. The monoisotopic (exact) mass is 347 g/mol. The fraction of sp³-hybridized carbons (Fsp3) is 0.444. The van der Waals surface area contributed by atoms with E-state index in [9.17, 15) is 4.79 Å². The van der Waals surface area contributed by atoms with Crippen molar-refractivity contribution >= 4 is 17.5 Å². The Morgan fingerprint density at radius 3 is 2.88 bits per heavy atom. The summed E-state index contributed by atoms with van der Waals surface area (Å²) < 4.78 is 5.72. The number of aromatic nitrogens is 1. The van der Waals surface area contributed by atoms with Gasteiger partial charge in [-0.25, -0.2) is 4.98 Å². The molecule has 1 aliphatic rings. The molecule has 24 heavy (non-hydrogen) atoms. The van der Waals surface area contributed by atoms with E-state index in [-0.39, 0.29) is 11.4 Å². The Kier molecular flexibility index (Phi) is 4.92. The van der Waals surface area contributed by atoms with Gasteiger partial charge >= 0.3 is 0 Å². The molecule has 3 N–H and O–H groups in total. The standard InChI is InChI=1S/C18H22ClN3O2/c1-18(11-20,12-6-7-12)22-16(23)8-9-17-21-10-15(24-17)13-4-2-3-5-14(13)19/h2-5,10,12H,6-9,11,20H2,1H3,(H,22,23). The number of nitrogens with two attached hydrogens (primary N) is 1. The molecule has 0 saturated heterocycles. The molecule has 1 aromatic carbocycles. The van der Waals surface area contributed by atoms with Crippen LogP contribution in [0.1, 0.15) is 32.1 Å². The van der Waals surface area contributed by atoms with Crippen LogP contribution >= 0.6 is 11.6 Å². The molecule has 5 nitrogen and oxygen atoms in total. The Morgan fingerprint density at radius 1 is 1.46 bits per heavy atom. The molecule has 1 heterocycles. The third-order valence-corrected chi connectivity index (χ3v) is 4.92. The molecular weight excluding hydrogens is 326 g/mol. The van der Waals surface area contributed by atoms with Crippen LogP contribution in [0.15, 0.2) is 34.9 Å². The highest BCUT2D eigenvalue weighted by Crippen LogP contribution is 2.39. The molecule has 1 amide bonds. The van der Waals surface area contributed by atoms with Gasteiger partial charge in [-0.05, 0) is 37.8 Å². The van der Waals surface area contributed by atoms with E-state index < -0.39 is 0 Å². The second kappa shape index (κ2) is 6.95. The Bertz CT molecular complexity index is 727. The summed E-state index contributed by atoms with van der Waals surface area (Å²) in [5.41, 5.74) is 6.33. The van der Waals surface area contributed by atoms with Gasteiger partial charge in [-0.3, -0.25) is 4.79 Å². The number of rotatable bonds is 7. The fourth-order valence-corrected chi connectivity index (χ4v) is 3.08. The number of halogens is 1. The molecule has 0 aliphatic heterocycles. The van der Waals surface area contributed by atoms with Gasteiger partial charge in [0.05, 0.1) is 16.8 Å². The molecule has 1 unspecified atom stereocenters. The number of aryl methyl sites for hydroxylation is 1. The summed E-state index contributed by atoms with van der Waals surface area (Å²) in [4.78, 5) is 16.4. The van der Waals surface area contributed by atoms with Crippen LogP contribution in [-0.4, -0.2) is 23.0 Å². The summed E-state index contributed by atoms with van der Waals surface area (Å²) in [6.07, 6.45) is 4.68. The molecule has 0 bridgehead atoms. The maximum Gasteiger partial charge on any atom is 0.220 e. The van der Waals surface area contributed by atoms with Crippen molar-refractivity contribution in [3.63, 3.8) is 0 Å². The van der Waals surface area contributed by atoms with Gasteiger partial charge in [-0.2, -0.15) is 0 Å². The summed E-state index contributed by atoms with van der Waals surface area (Å²) in [6.45, 7) is 2.47. The van der Waals surface area contributed by atoms with Gasteiger partial charge in [0.25, 0.3) is 0 Å². The number of oxazole rings is 1. The molecule has 1 aliphatic carbocycles. The predicted molar refractivity (Wildman–Crippen MR) is 93.6 cm³/mol. The molecule has 0 spiro atoms. The first-order valence-electron chi connectivity index (χ1n) is 8.22. The highest BCUT2D eigenvalue weighted by molar-refractivity contribution is 6.33. The van der Waals surface area contributed by atoms with E-state index in [1.165, 1.54) is 0 Å². The highest BCUT2D eigenvalue weighted by Gasteiger charge is 2.41. The van der Waals surface area contributed by atoms with Crippen molar-refractivity contribution in [3.8, 4) is 11.3 Å². The number of nitrogens with one attached hydrogen (secondary N) is 1. The Morgan fingerprint density at radius 2 is 2.21 bits per heavy atom. The molecule has 6 heteroatoms. The van der Waals surface area contributed by atoms with E-state index >= 15 is 0 Å². The van der Waals surface area contributed by atoms with E-state index in [1.807, 2.05) is 25.1 Å². The lowest BCUT2D eigenvalue weighted by Crippen LogP contribution is -2.53. The fourth-order valence-electron chi connectivity index (χ4n) is 2.85. The molecule has 128 valence electrons. The van der Waals surface area contributed by atoms with Crippen molar-refractivity contribution in [3.05, 3.63) is 41.4 Å². The molecule has 1 atom stereocenters. The number of hydrogen-bond acceptors (Lipinski definition) is 4. The van der Waals surface area contributed by atoms with Crippen molar-refractivity contribution in [2.24, 2.45) is 11.7 Å². The predicted octanol–water partition coefficient (Wildman–Crippen LogP) is 3.17. The second-order valence-electron chi connectivity index (χ2n) is 6.54. The van der Waals surface area contributed by atoms with E-state index in [0.29, 0.717) is 42.0 Å². The number of nitrogens with zero attached hydrogens (tertiary/aromatic N) is 1. The highest BCUT2D eigenvalue weighted by atomic mass is 35.5. The van der Waals surface area contributed by atoms with E-state index in [2.05, 4.69) is 10.3 Å². The summed E-state index contributed by atoms with van der Waals surface area (Å²) in [7, 11) is 0. The van der Waals surface area contributed by atoms with Gasteiger partial charge in [0, 0.05) is 24.9 Å². The van der Waals surface area contributed by atoms with Crippen LogP contribution in [0.3, 0.4) is 0 Å². The van der Waals surface area contributed by atoms with Crippen molar-refractivity contribution < 1.29 is 9.21 Å². The van der Waals surface area contributed by atoms with Gasteiger partial charge in [0.2, 0.25) is 5.91 Å². The van der Waals surface area contributed by atoms with Crippen molar-refractivity contribution in [1.82, 2.24) is 10.3 Å². The van der Waals surface area contributed by atoms with Crippen LogP contribution in [0, 0.1) is 5.92 Å². The van der Waals surface area contributed by atoms with Gasteiger partial charge in [-0.1, -0.05) is 23.7 Å². The zero-order chi connectivity index (χ0) is 17.2. The van der Waals surface area contributed by atoms with Crippen LogP contribution in [0.5, 0.6) is 0 Å². The van der Waals surface area contributed by atoms with E-state index in [4.69, 9.17) is 21.8 Å². The topological polar surface area (TPSA) is 81.1 Å². The zero-order valence-corrected chi connectivity index (χ0v) is 14.5. The van der Waals surface area contributed by atoms with E-state index in [0.717, 1.165) is 18.4 Å². The molecule has 3 rings (SSSR count). The molecule has 1 aromatic heterocycles. The largest absolute Gasteiger partial charge is 0.441 e. The minimum absolute atomic E-state index is 0.0210. The summed E-state index contributed by atoms with van der Waals surface area (Å²) >= 11 is 6.16. The second-order valence-corrected chi connectivity index (χ2v) is 6.95. The molecule has 2 aromatic rings. The minimum Gasteiger partial charge on any atom is -0.441 e. The molecule has 0 radical (unpaired) electrons. The number of carbonyl (C=O) groups is 1. The van der Waals surface area contributed by atoms with Crippen molar-refractivity contribution in [2.75, 3.05) is 6.54 Å². The van der Waals surface area contributed by atoms with Gasteiger partial charge in [0.1, 0.15) is 0 Å². The summed E-state index contributed by atoms with van der Waals surface area (Å²) in [5, 5.41) is 3.68. The van der Waals surface area contributed by atoms with Gasteiger partial charge in [-0.15, -0.1) is 0 Å². The third-order valence-electron chi connectivity index (χ3n) is 4.59. The average molecular weight is 348 g/mol. The van der Waals surface area contributed by atoms with Crippen molar-refractivity contribution in [1.29, 1.82) is 0 Å². The smallest absolute Gasteiger partial charge is 0.220 e. The van der Waals surface area contributed by atoms with Crippen LogP contribution < -0.4 is 11.1 Å². The number of amides is 1. The number of benzene rings is 1. The van der Waals surface area contributed by atoms with Crippen LogP contribution in [-0.2, 0) is 11.2 Å². The first kappa shape index (κ1) is 17.0. The molecular formula is C18H22ClN3O2. The Hall–Kier alpha value is -1.85. The molecule has 1 fully saturated rings. The van der Waals surface area contributed by atoms with E-state index in [1.54, 1.807) is 12.3 Å². The lowest BCUT2D eigenvalue weighted by atomic mass is 9.95. The maximum atomic E-state index is 12.2. The maximum absolute atomic E-state index is 12.2.